The van der Waals surface area contributed by atoms with E-state index in [9.17, 15) is 14.4 Å². The highest BCUT2D eigenvalue weighted by Gasteiger charge is 2.21. The third kappa shape index (κ3) is 3.08. The summed E-state index contributed by atoms with van der Waals surface area (Å²) >= 11 is 3.34. The second kappa shape index (κ2) is 6.67. The van der Waals surface area contributed by atoms with Gasteiger partial charge in [0.15, 0.2) is 5.78 Å². The number of aromatic nitrogens is 6. The number of anilines is 1. The summed E-state index contributed by atoms with van der Waals surface area (Å²) < 4.78 is 2.77. The summed E-state index contributed by atoms with van der Waals surface area (Å²) in [5, 5.41) is 11.9. The van der Waals surface area contributed by atoms with Gasteiger partial charge in [-0.1, -0.05) is 15.9 Å². The van der Waals surface area contributed by atoms with Gasteiger partial charge < -0.3 is 5.73 Å². The van der Waals surface area contributed by atoms with E-state index in [1.54, 1.807) is 12.1 Å². The van der Waals surface area contributed by atoms with Crippen LogP contribution >= 0.6 is 15.9 Å². The molecule has 0 bridgehead atoms. The Bertz CT molecular complexity index is 1110. The number of nitrogens with two attached hydrogens (primary N) is 1. The molecule has 0 saturated heterocycles. The Morgan fingerprint density at radius 3 is 2.46 bits per heavy atom. The molecule has 0 amide bonds. The average molecular weight is 420 g/mol. The van der Waals surface area contributed by atoms with E-state index in [4.69, 9.17) is 5.73 Å². The highest BCUT2D eigenvalue weighted by Crippen LogP contribution is 2.17. The Morgan fingerprint density at radius 2 is 1.81 bits per heavy atom. The van der Waals surface area contributed by atoms with Crippen molar-refractivity contribution in [3.63, 3.8) is 0 Å². The van der Waals surface area contributed by atoms with Crippen LogP contribution in [0.1, 0.15) is 10.4 Å². The number of hydrogen-bond acceptors (Lipinski definition) is 7. The first kappa shape index (κ1) is 17.7. The average Bonchev–Trinajstić information content (AvgIpc) is 3.07. The van der Waals surface area contributed by atoms with Crippen molar-refractivity contribution in [3.05, 3.63) is 55.1 Å². The molecule has 134 valence electrons. The molecule has 2 N–H and O–H groups in total. The maximum absolute atomic E-state index is 12.5. The monoisotopic (exact) mass is 419 g/mol. The third-order valence-corrected chi connectivity index (χ3v) is 4.36. The van der Waals surface area contributed by atoms with Gasteiger partial charge in [-0.2, -0.15) is 4.80 Å². The zero-order valence-corrected chi connectivity index (χ0v) is 15.5. The first-order valence-electron chi connectivity index (χ1n) is 7.42. The van der Waals surface area contributed by atoms with Crippen molar-refractivity contribution in [1.82, 2.24) is 29.3 Å². The number of rotatable bonds is 4. The lowest BCUT2D eigenvalue weighted by Crippen LogP contribution is -2.42. The SMILES string of the molecule is Cn1c(N)c(C(=O)Cn2nnc(-c3ccc(Br)cc3)n2)c(=O)n(C)c1=O. The van der Waals surface area contributed by atoms with Crippen molar-refractivity contribution < 1.29 is 4.79 Å². The normalized spacial score (nSPS) is 10.9. The topological polar surface area (TPSA) is 131 Å². The van der Waals surface area contributed by atoms with Gasteiger partial charge in [0.2, 0.25) is 5.82 Å². The molecule has 0 aliphatic rings. The van der Waals surface area contributed by atoms with Crippen LogP contribution in [0.5, 0.6) is 0 Å². The Hall–Kier alpha value is -3.08. The zero-order valence-electron chi connectivity index (χ0n) is 13.9. The summed E-state index contributed by atoms with van der Waals surface area (Å²) in [4.78, 5) is 37.6. The highest BCUT2D eigenvalue weighted by molar-refractivity contribution is 9.10. The van der Waals surface area contributed by atoms with Crippen LogP contribution in [0.4, 0.5) is 5.82 Å². The number of tetrazole rings is 1. The Balaban J connectivity index is 1.92. The molecule has 0 unspecified atom stereocenters. The Morgan fingerprint density at radius 1 is 1.15 bits per heavy atom. The van der Waals surface area contributed by atoms with Gasteiger partial charge in [-0.3, -0.25) is 18.7 Å². The number of Topliss-reactive ketones (excluding diaryl/α,β-unsaturated/α-hetero) is 1. The number of hydrogen-bond donors (Lipinski definition) is 1. The molecule has 0 saturated carbocycles. The van der Waals surface area contributed by atoms with Crippen LogP contribution in [-0.2, 0) is 20.6 Å². The van der Waals surface area contributed by atoms with Gasteiger partial charge in [0.25, 0.3) is 5.56 Å². The lowest BCUT2D eigenvalue weighted by atomic mass is 10.2. The van der Waals surface area contributed by atoms with Crippen molar-refractivity contribution >= 4 is 27.5 Å². The summed E-state index contributed by atoms with van der Waals surface area (Å²) in [6.45, 7) is -0.332. The zero-order chi connectivity index (χ0) is 19.0. The summed E-state index contributed by atoms with van der Waals surface area (Å²) in [7, 11) is 2.66. The first-order chi connectivity index (χ1) is 12.3. The second-order valence-corrected chi connectivity index (χ2v) is 6.46. The lowest BCUT2D eigenvalue weighted by molar-refractivity contribution is 0.0959. The van der Waals surface area contributed by atoms with Crippen molar-refractivity contribution in [3.8, 4) is 11.4 Å². The largest absolute Gasteiger partial charge is 0.384 e. The molecule has 3 rings (SSSR count). The van der Waals surface area contributed by atoms with E-state index in [0.717, 1.165) is 24.0 Å². The molecule has 0 aliphatic heterocycles. The molecular weight excluding hydrogens is 406 g/mol. The first-order valence-corrected chi connectivity index (χ1v) is 8.21. The summed E-state index contributed by atoms with van der Waals surface area (Å²) in [6, 6.07) is 7.26. The molecule has 10 nitrogen and oxygen atoms in total. The molecular formula is C15H14BrN7O3. The van der Waals surface area contributed by atoms with E-state index >= 15 is 0 Å². The quantitative estimate of drug-likeness (QED) is 0.587. The number of benzene rings is 1. The highest BCUT2D eigenvalue weighted by atomic mass is 79.9. The molecule has 26 heavy (non-hydrogen) atoms. The van der Waals surface area contributed by atoms with E-state index in [1.165, 1.54) is 14.1 Å². The van der Waals surface area contributed by atoms with Crippen molar-refractivity contribution in [2.75, 3.05) is 5.73 Å². The van der Waals surface area contributed by atoms with Crippen LogP contribution < -0.4 is 17.0 Å². The lowest BCUT2D eigenvalue weighted by Gasteiger charge is -2.10. The molecule has 0 atom stereocenters. The predicted octanol–water partition coefficient (Wildman–Crippen LogP) is -0.0349. The fraction of sp³-hybridized carbons (Fsp3) is 0.200. The number of nitrogens with zero attached hydrogens (tertiary/aromatic N) is 6. The minimum Gasteiger partial charge on any atom is -0.384 e. The van der Waals surface area contributed by atoms with Gasteiger partial charge >= 0.3 is 5.69 Å². The van der Waals surface area contributed by atoms with E-state index in [2.05, 4.69) is 31.3 Å². The molecule has 0 aliphatic carbocycles. The van der Waals surface area contributed by atoms with E-state index in [0.29, 0.717) is 5.82 Å². The van der Waals surface area contributed by atoms with Gasteiger partial charge in [-0.25, -0.2) is 4.79 Å². The van der Waals surface area contributed by atoms with Crippen LogP contribution in [0.3, 0.4) is 0 Å². The minimum atomic E-state index is -0.760. The van der Waals surface area contributed by atoms with Crippen LogP contribution in [0.25, 0.3) is 11.4 Å². The number of carbonyl (C=O) groups is 1. The fourth-order valence-electron chi connectivity index (χ4n) is 2.35. The number of ketones is 1. The van der Waals surface area contributed by atoms with Crippen molar-refractivity contribution in [2.24, 2.45) is 14.1 Å². The molecule has 0 radical (unpaired) electrons. The molecule has 0 spiro atoms. The summed E-state index contributed by atoms with van der Waals surface area (Å²) in [5.74, 6) is -0.471. The van der Waals surface area contributed by atoms with Crippen LogP contribution in [0.2, 0.25) is 0 Å². The maximum atomic E-state index is 12.5. The van der Waals surface area contributed by atoms with E-state index in [1.807, 2.05) is 12.1 Å². The molecule has 0 fully saturated rings. The third-order valence-electron chi connectivity index (χ3n) is 3.83. The van der Waals surface area contributed by atoms with E-state index in [-0.39, 0.29) is 17.9 Å². The van der Waals surface area contributed by atoms with Gasteiger partial charge in [0.1, 0.15) is 17.9 Å². The summed E-state index contributed by atoms with van der Waals surface area (Å²) in [5.41, 5.74) is 4.85. The molecule has 2 aromatic heterocycles. The fourth-order valence-corrected chi connectivity index (χ4v) is 2.62. The van der Waals surface area contributed by atoms with Crippen molar-refractivity contribution in [2.45, 2.75) is 6.54 Å². The van der Waals surface area contributed by atoms with Crippen LogP contribution in [0.15, 0.2) is 38.3 Å². The number of carbonyl (C=O) groups excluding carboxylic acids is 1. The second-order valence-electron chi connectivity index (χ2n) is 5.54. The maximum Gasteiger partial charge on any atom is 0.332 e. The van der Waals surface area contributed by atoms with E-state index < -0.39 is 17.0 Å². The Kier molecular flexibility index (Phi) is 4.55. The Labute approximate surface area is 155 Å². The molecule has 2 heterocycles. The predicted molar refractivity (Wildman–Crippen MR) is 96.6 cm³/mol. The standard InChI is InChI=1S/C15H14BrN7O3/c1-21-12(17)11(14(25)22(2)15(21)26)10(24)7-23-19-13(18-20-23)8-3-5-9(16)6-4-8/h3-6H,7,17H2,1-2H3. The smallest absolute Gasteiger partial charge is 0.332 e. The van der Waals surface area contributed by atoms with Crippen LogP contribution in [0, 0.1) is 0 Å². The van der Waals surface area contributed by atoms with Gasteiger partial charge in [0, 0.05) is 24.1 Å². The van der Waals surface area contributed by atoms with Gasteiger partial charge in [-0.05, 0) is 29.5 Å². The number of halogens is 1. The minimum absolute atomic E-state index is 0.198. The van der Waals surface area contributed by atoms with Gasteiger partial charge in [-0.15, -0.1) is 10.2 Å². The molecule has 3 aromatic rings. The number of nitrogen functional groups attached to an aromatic ring is 1. The van der Waals surface area contributed by atoms with Crippen molar-refractivity contribution in [1.29, 1.82) is 0 Å². The van der Waals surface area contributed by atoms with Gasteiger partial charge in [0.05, 0.1) is 0 Å². The summed E-state index contributed by atoms with van der Waals surface area (Å²) in [6.07, 6.45) is 0. The van der Waals surface area contributed by atoms with Crippen LogP contribution in [-0.4, -0.2) is 35.1 Å². The molecule has 1 aromatic carbocycles. The molecule has 11 heteroatoms.